The summed E-state index contributed by atoms with van der Waals surface area (Å²) < 4.78 is 9.34. The van der Waals surface area contributed by atoms with Gasteiger partial charge in [0, 0.05) is 75.4 Å². The largest absolute Gasteiger partial charge is 0.311 e. The first kappa shape index (κ1) is 35.1. The number of hydrogen-bond donors (Lipinski definition) is 0. The summed E-state index contributed by atoms with van der Waals surface area (Å²) in [5.74, 6) is 0. The molecule has 3 heterocycles. The van der Waals surface area contributed by atoms with Crippen molar-refractivity contribution in [3.05, 3.63) is 215 Å². The Bertz CT molecular complexity index is 3290. The van der Waals surface area contributed by atoms with Crippen LogP contribution in [0.2, 0.25) is 0 Å². The first-order valence-corrected chi connectivity index (χ1v) is 21.6. The second-order valence-electron chi connectivity index (χ2n) is 15.3. The molecule has 0 saturated carbocycles. The van der Waals surface area contributed by atoms with Crippen molar-refractivity contribution in [1.29, 1.82) is 0 Å². The van der Waals surface area contributed by atoms with Gasteiger partial charge in [-0.15, -0.1) is 0 Å². The van der Waals surface area contributed by atoms with Crippen molar-refractivity contribution in [2.45, 2.75) is 0 Å². The van der Waals surface area contributed by atoms with Crippen LogP contribution in [0.1, 0.15) is 0 Å². The van der Waals surface area contributed by atoms with Crippen LogP contribution in [0.4, 0.5) is 17.1 Å². The van der Waals surface area contributed by atoms with Crippen LogP contribution < -0.4 is 4.90 Å². The van der Waals surface area contributed by atoms with E-state index in [9.17, 15) is 0 Å². The number of anilines is 3. The molecule has 9 aromatic carbocycles. The Morgan fingerprint density at radius 3 is 0.917 bits per heavy atom. The molecule has 0 N–H and O–H groups in total. The van der Waals surface area contributed by atoms with Crippen LogP contribution >= 0.6 is 31.9 Å². The molecule has 3 aromatic heterocycles. The first-order valence-electron chi connectivity index (χ1n) is 20.1. The van der Waals surface area contributed by atoms with Gasteiger partial charge in [0.25, 0.3) is 0 Å². The fraction of sp³-hybridized carbons (Fsp3) is 0. The first-order chi connectivity index (χ1) is 29.6. The molecule has 0 saturated heterocycles. The Balaban J connectivity index is 1.09. The zero-order valence-electron chi connectivity index (χ0n) is 32.2. The standard InChI is InChI=1S/C54H34Br2N4/c55-35-17-21-37(22-18-35)57(38-23-19-36(56)20-24-38)39-25-27-40(28-26-39)58-53-31-29-41(59-49-13-5-1-9-43(49)44-10-2-6-14-50(44)59)33-47(53)48-34-42(30-32-54(48)58)60-51-15-7-3-11-45(51)46-12-4-8-16-52(46)60/h1-34H. The molecule has 0 unspecified atom stereocenters. The molecule has 12 rings (SSSR count). The molecule has 60 heavy (non-hydrogen) atoms. The monoisotopic (exact) mass is 896 g/mol. The van der Waals surface area contributed by atoms with Gasteiger partial charge in [0.2, 0.25) is 0 Å². The number of aromatic nitrogens is 3. The maximum Gasteiger partial charge on any atom is 0.0542 e. The number of halogens is 2. The van der Waals surface area contributed by atoms with Gasteiger partial charge < -0.3 is 18.6 Å². The van der Waals surface area contributed by atoms with Crippen molar-refractivity contribution in [2.75, 3.05) is 4.90 Å². The summed E-state index contributed by atoms with van der Waals surface area (Å²) in [6, 6.07) is 74.8. The Kier molecular flexibility index (Phi) is 8.12. The molecule has 0 amide bonds. The van der Waals surface area contributed by atoms with Gasteiger partial charge in [-0.25, -0.2) is 0 Å². The highest BCUT2D eigenvalue weighted by Crippen LogP contribution is 2.41. The van der Waals surface area contributed by atoms with E-state index in [2.05, 4.69) is 257 Å². The van der Waals surface area contributed by atoms with Crippen LogP contribution in [-0.2, 0) is 0 Å². The average Bonchev–Trinajstić information content (AvgIpc) is 3.93. The smallest absolute Gasteiger partial charge is 0.0542 e. The minimum atomic E-state index is 1.05. The lowest BCUT2D eigenvalue weighted by Crippen LogP contribution is -2.10. The van der Waals surface area contributed by atoms with Crippen molar-refractivity contribution in [3.63, 3.8) is 0 Å². The fourth-order valence-corrected chi connectivity index (χ4v) is 9.86. The van der Waals surface area contributed by atoms with Gasteiger partial charge in [-0.05, 0) is 133 Å². The van der Waals surface area contributed by atoms with Crippen molar-refractivity contribution in [2.24, 2.45) is 0 Å². The lowest BCUT2D eigenvalue weighted by molar-refractivity contribution is 1.16. The molecule has 0 fully saturated rings. The molecule has 0 radical (unpaired) electrons. The topological polar surface area (TPSA) is 18.0 Å². The molecule has 0 spiro atoms. The summed E-state index contributed by atoms with van der Waals surface area (Å²) in [6.45, 7) is 0. The van der Waals surface area contributed by atoms with Crippen LogP contribution in [0.25, 0.3) is 82.5 Å². The van der Waals surface area contributed by atoms with E-state index in [1.807, 2.05) is 0 Å². The molecule has 0 aliphatic rings. The van der Waals surface area contributed by atoms with Crippen LogP contribution in [0.15, 0.2) is 215 Å². The molecule has 0 atom stereocenters. The average molecular weight is 899 g/mol. The minimum Gasteiger partial charge on any atom is -0.311 e. The summed E-state index contributed by atoms with van der Waals surface area (Å²) in [6.07, 6.45) is 0. The predicted octanol–water partition coefficient (Wildman–Crippen LogP) is 16.0. The van der Waals surface area contributed by atoms with Crippen molar-refractivity contribution in [3.8, 4) is 17.1 Å². The fourth-order valence-electron chi connectivity index (χ4n) is 9.34. The lowest BCUT2D eigenvalue weighted by atomic mass is 10.1. The van der Waals surface area contributed by atoms with Gasteiger partial charge in [0.1, 0.15) is 0 Å². The van der Waals surface area contributed by atoms with E-state index in [4.69, 9.17) is 0 Å². The molecular formula is C54H34Br2N4. The second-order valence-corrected chi connectivity index (χ2v) is 17.1. The molecule has 4 nitrogen and oxygen atoms in total. The summed E-state index contributed by atoms with van der Waals surface area (Å²) in [7, 11) is 0. The molecule has 0 aliphatic heterocycles. The molecule has 0 bridgehead atoms. The second kappa shape index (κ2) is 13.9. The normalized spacial score (nSPS) is 11.8. The van der Waals surface area contributed by atoms with E-state index in [1.54, 1.807) is 0 Å². The highest BCUT2D eigenvalue weighted by Gasteiger charge is 2.20. The molecule has 12 aromatic rings. The molecule has 284 valence electrons. The van der Waals surface area contributed by atoms with E-state index >= 15 is 0 Å². The Hall–Kier alpha value is -6.86. The van der Waals surface area contributed by atoms with Crippen LogP contribution in [0.5, 0.6) is 0 Å². The predicted molar refractivity (Wildman–Crippen MR) is 260 cm³/mol. The van der Waals surface area contributed by atoms with Gasteiger partial charge in [0.15, 0.2) is 0 Å². The SMILES string of the molecule is Brc1ccc(N(c2ccc(Br)cc2)c2ccc(-n3c4ccc(-n5c6ccccc6c6ccccc65)cc4c4cc(-n5c6ccccc6c6ccccc65)ccc43)cc2)cc1. The van der Waals surface area contributed by atoms with Gasteiger partial charge in [0.05, 0.1) is 33.1 Å². The van der Waals surface area contributed by atoms with Gasteiger partial charge in [-0.2, -0.15) is 0 Å². The van der Waals surface area contributed by atoms with Crippen molar-refractivity contribution in [1.82, 2.24) is 13.7 Å². The number of fused-ring (bicyclic) bond motifs is 9. The maximum atomic E-state index is 3.63. The Morgan fingerprint density at radius 1 is 0.267 bits per heavy atom. The highest BCUT2D eigenvalue weighted by molar-refractivity contribution is 9.10. The zero-order valence-corrected chi connectivity index (χ0v) is 35.3. The van der Waals surface area contributed by atoms with Gasteiger partial charge in [-0.1, -0.05) is 105 Å². The van der Waals surface area contributed by atoms with E-state index in [0.717, 1.165) is 54.1 Å². The van der Waals surface area contributed by atoms with Crippen LogP contribution in [0.3, 0.4) is 0 Å². The summed E-state index contributed by atoms with van der Waals surface area (Å²) in [5.41, 5.74) is 13.7. The number of benzene rings is 9. The highest BCUT2D eigenvalue weighted by atomic mass is 79.9. The summed E-state index contributed by atoms with van der Waals surface area (Å²) in [4.78, 5) is 2.30. The van der Waals surface area contributed by atoms with Gasteiger partial charge in [-0.3, -0.25) is 0 Å². The molecule has 0 aliphatic carbocycles. The number of hydrogen-bond acceptors (Lipinski definition) is 1. The quantitative estimate of drug-likeness (QED) is 0.163. The van der Waals surface area contributed by atoms with Gasteiger partial charge >= 0.3 is 0 Å². The van der Waals surface area contributed by atoms with E-state index in [0.29, 0.717) is 0 Å². The third kappa shape index (κ3) is 5.48. The van der Waals surface area contributed by atoms with Crippen LogP contribution in [-0.4, -0.2) is 13.7 Å². The summed E-state index contributed by atoms with van der Waals surface area (Å²) in [5, 5.41) is 7.41. The Labute approximate surface area is 363 Å². The number of rotatable bonds is 6. The lowest BCUT2D eigenvalue weighted by Gasteiger charge is -2.26. The van der Waals surface area contributed by atoms with Crippen molar-refractivity contribution >= 4 is 114 Å². The third-order valence-electron chi connectivity index (χ3n) is 11.9. The summed E-state index contributed by atoms with van der Waals surface area (Å²) >= 11 is 7.26. The minimum absolute atomic E-state index is 1.05. The van der Waals surface area contributed by atoms with Crippen molar-refractivity contribution < 1.29 is 0 Å². The molecule has 6 heteroatoms. The maximum absolute atomic E-state index is 3.63. The number of nitrogens with zero attached hydrogens (tertiary/aromatic N) is 4. The Morgan fingerprint density at radius 2 is 0.550 bits per heavy atom. The van der Waals surface area contributed by atoms with E-state index in [-0.39, 0.29) is 0 Å². The number of para-hydroxylation sites is 4. The zero-order chi connectivity index (χ0) is 39.9. The van der Waals surface area contributed by atoms with E-state index in [1.165, 1.54) is 54.4 Å². The van der Waals surface area contributed by atoms with Crippen LogP contribution in [0, 0.1) is 0 Å². The molecular weight excluding hydrogens is 864 g/mol. The third-order valence-corrected chi connectivity index (χ3v) is 13.0. The van der Waals surface area contributed by atoms with E-state index < -0.39 is 0 Å².